The van der Waals surface area contributed by atoms with Crippen molar-refractivity contribution in [2.75, 3.05) is 54.1 Å². The molecule has 1 unspecified atom stereocenters. The van der Waals surface area contributed by atoms with Gasteiger partial charge >= 0.3 is 12.4 Å². The summed E-state index contributed by atoms with van der Waals surface area (Å²) in [5, 5.41) is 4.45. The molecule has 3 aromatic heterocycles. The van der Waals surface area contributed by atoms with E-state index in [2.05, 4.69) is 20.1 Å². The molecule has 5 heterocycles. The number of nitrogens with zero attached hydrogens (tertiary/aromatic N) is 9. The zero-order valence-electron chi connectivity index (χ0n) is 24.4. The summed E-state index contributed by atoms with van der Waals surface area (Å²) >= 11 is 6.52. The Kier molecular flexibility index (Phi) is 8.67. The largest absolute Gasteiger partial charge is 0.416 e. The lowest BCUT2D eigenvalue weighted by atomic mass is 10.0. The van der Waals surface area contributed by atoms with E-state index in [1.807, 2.05) is 9.80 Å². The van der Waals surface area contributed by atoms with Gasteiger partial charge in [-0.2, -0.15) is 36.4 Å². The Morgan fingerprint density at radius 2 is 1.54 bits per heavy atom. The fourth-order valence-corrected chi connectivity index (χ4v) is 5.75. The van der Waals surface area contributed by atoms with Crippen LogP contribution < -0.4 is 14.7 Å². The first-order chi connectivity index (χ1) is 21.8. The summed E-state index contributed by atoms with van der Waals surface area (Å²) in [5.74, 6) is 1.11. The quantitative estimate of drug-likeness (QED) is 0.238. The highest BCUT2D eigenvalue weighted by atomic mass is 35.5. The van der Waals surface area contributed by atoms with E-state index in [1.165, 1.54) is 6.20 Å². The molecule has 0 radical (unpaired) electrons. The predicted molar refractivity (Wildman–Crippen MR) is 158 cm³/mol. The number of benzene rings is 1. The number of hydrogen-bond acceptors (Lipinski definition) is 9. The molecule has 0 amide bonds. The molecule has 244 valence electrons. The van der Waals surface area contributed by atoms with E-state index in [1.54, 1.807) is 41.4 Å². The Labute approximate surface area is 264 Å². The maximum Gasteiger partial charge on any atom is 0.416 e. The van der Waals surface area contributed by atoms with Gasteiger partial charge in [0.1, 0.15) is 5.02 Å². The van der Waals surface area contributed by atoms with Crippen LogP contribution in [0, 0.1) is 0 Å². The van der Waals surface area contributed by atoms with Crippen molar-refractivity contribution in [1.82, 2.24) is 29.7 Å². The average Bonchev–Trinajstić information content (AvgIpc) is 3.69. The molecule has 0 spiro atoms. The SMILES string of the molecule is Cn1cc(-c2cnc(N(Cc3cc(C(F)(F)F)cc(C(F)(F)F)c3)C3CCN(c4nc(N5CCOCC5)ncc4Cl)C3)nc2)cn1. The van der Waals surface area contributed by atoms with Gasteiger partial charge in [-0.1, -0.05) is 11.6 Å². The molecule has 1 aromatic carbocycles. The average molecular weight is 668 g/mol. The second-order valence-electron chi connectivity index (χ2n) is 11.0. The summed E-state index contributed by atoms with van der Waals surface area (Å²) in [4.78, 5) is 23.6. The third kappa shape index (κ3) is 6.97. The highest BCUT2D eigenvalue weighted by Gasteiger charge is 2.38. The van der Waals surface area contributed by atoms with Crippen LogP contribution >= 0.6 is 11.6 Å². The maximum absolute atomic E-state index is 13.7. The van der Waals surface area contributed by atoms with E-state index in [4.69, 9.17) is 21.3 Å². The molecule has 0 saturated carbocycles. The van der Waals surface area contributed by atoms with Crippen LogP contribution in [0.1, 0.15) is 23.1 Å². The van der Waals surface area contributed by atoms with Crippen molar-refractivity contribution in [2.24, 2.45) is 7.05 Å². The van der Waals surface area contributed by atoms with Gasteiger partial charge in [-0.15, -0.1) is 0 Å². The van der Waals surface area contributed by atoms with Crippen molar-refractivity contribution in [1.29, 1.82) is 0 Å². The Morgan fingerprint density at radius 1 is 0.870 bits per heavy atom. The van der Waals surface area contributed by atoms with Crippen molar-refractivity contribution in [3.63, 3.8) is 0 Å². The number of aromatic nitrogens is 6. The van der Waals surface area contributed by atoms with Gasteiger partial charge in [0.15, 0.2) is 5.82 Å². The molecule has 2 aliphatic rings. The summed E-state index contributed by atoms with van der Waals surface area (Å²) in [6.07, 6.45) is -1.48. The number of hydrogen-bond donors (Lipinski definition) is 0. The van der Waals surface area contributed by atoms with Gasteiger partial charge in [-0.05, 0) is 30.2 Å². The van der Waals surface area contributed by atoms with Crippen LogP contribution in [0.25, 0.3) is 11.1 Å². The zero-order chi connectivity index (χ0) is 32.6. The highest BCUT2D eigenvalue weighted by Crippen LogP contribution is 2.38. The molecule has 46 heavy (non-hydrogen) atoms. The van der Waals surface area contributed by atoms with Crippen LogP contribution in [0.15, 0.2) is 49.2 Å². The van der Waals surface area contributed by atoms with Crippen LogP contribution in [-0.4, -0.2) is 75.2 Å². The minimum atomic E-state index is -4.98. The highest BCUT2D eigenvalue weighted by molar-refractivity contribution is 6.32. The Balaban J connectivity index is 1.33. The first kappa shape index (κ1) is 31.8. The summed E-state index contributed by atoms with van der Waals surface area (Å²) in [7, 11) is 1.75. The fourth-order valence-electron chi connectivity index (χ4n) is 5.53. The summed E-state index contributed by atoms with van der Waals surface area (Å²) in [5.41, 5.74) is -1.57. The number of ether oxygens (including phenoxy) is 1. The van der Waals surface area contributed by atoms with Gasteiger partial charge < -0.3 is 19.4 Å². The summed E-state index contributed by atoms with van der Waals surface area (Å²) < 4.78 is 89.2. The molecular weight excluding hydrogens is 640 g/mol. The molecule has 2 saturated heterocycles. The number of morpholine rings is 1. The second-order valence-corrected chi connectivity index (χ2v) is 11.5. The lowest BCUT2D eigenvalue weighted by Gasteiger charge is -2.30. The second kappa shape index (κ2) is 12.5. The summed E-state index contributed by atoms with van der Waals surface area (Å²) in [6, 6.07) is 1.17. The van der Waals surface area contributed by atoms with Gasteiger partial charge in [0.05, 0.1) is 42.8 Å². The van der Waals surface area contributed by atoms with Crippen LogP contribution in [-0.2, 0) is 30.7 Å². The molecule has 6 rings (SSSR count). The van der Waals surface area contributed by atoms with Crippen molar-refractivity contribution in [2.45, 2.75) is 31.4 Å². The van der Waals surface area contributed by atoms with Gasteiger partial charge in [0.2, 0.25) is 11.9 Å². The third-order valence-electron chi connectivity index (χ3n) is 7.84. The fraction of sp³-hybridized carbons (Fsp3) is 0.414. The van der Waals surface area contributed by atoms with Gasteiger partial charge in [-0.3, -0.25) is 4.68 Å². The van der Waals surface area contributed by atoms with Crippen molar-refractivity contribution >= 4 is 29.3 Å². The smallest absolute Gasteiger partial charge is 0.378 e. The van der Waals surface area contributed by atoms with Crippen LogP contribution in [0.2, 0.25) is 5.02 Å². The summed E-state index contributed by atoms with van der Waals surface area (Å²) in [6.45, 7) is 2.75. The van der Waals surface area contributed by atoms with E-state index in [-0.39, 0.29) is 24.1 Å². The van der Waals surface area contributed by atoms with E-state index < -0.39 is 29.5 Å². The molecule has 0 N–H and O–H groups in total. The minimum Gasteiger partial charge on any atom is -0.378 e. The number of anilines is 3. The molecule has 1 atom stereocenters. The van der Waals surface area contributed by atoms with E-state index in [9.17, 15) is 26.3 Å². The van der Waals surface area contributed by atoms with Crippen molar-refractivity contribution < 1.29 is 31.1 Å². The molecule has 2 aliphatic heterocycles. The van der Waals surface area contributed by atoms with E-state index in [0.29, 0.717) is 68.2 Å². The predicted octanol–water partition coefficient (Wildman–Crippen LogP) is 5.48. The minimum absolute atomic E-state index is 0.119. The van der Waals surface area contributed by atoms with Crippen LogP contribution in [0.3, 0.4) is 0 Å². The molecule has 0 aliphatic carbocycles. The van der Waals surface area contributed by atoms with Gasteiger partial charge in [-0.25, -0.2) is 15.0 Å². The standard InChI is InChI=1S/C29H28ClF6N9O/c1-42-16-20(13-40-42)19-11-37-26(38-12-19)45(15-18-8-21(28(31,32)33)10-22(9-18)29(34,35)36)23-2-3-44(17-23)25-24(30)14-39-27(41-25)43-4-6-46-7-5-43/h8-14,16,23H,2-7,15,17H2,1H3. The zero-order valence-corrected chi connectivity index (χ0v) is 25.2. The molecule has 10 nitrogen and oxygen atoms in total. The van der Waals surface area contributed by atoms with E-state index >= 15 is 0 Å². The first-order valence-electron chi connectivity index (χ1n) is 14.3. The molecule has 0 bridgehead atoms. The molecule has 17 heteroatoms. The van der Waals surface area contributed by atoms with Crippen molar-refractivity contribution in [3.05, 3.63) is 70.9 Å². The lowest BCUT2D eigenvalue weighted by molar-refractivity contribution is -0.143. The number of aryl methyl sites for hydroxylation is 1. The first-order valence-corrected chi connectivity index (χ1v) is 14.7. The van der Waals surface area contributed by atoms with Crippen LogP contribution in [0.5, 0.6) is 0 Å². The normalized spacial score (nSPS) is 17.5. The van der Waals surface area contributed by atoms with Gasteiger partial charge in [0.25, 0.3) is 0 Å². The van der Waals surface area contributed by atoms with E-state index in [0.717, 1.165) is 17.7 Å². The Hall–Kier alpha value is -4.18. The Morgan fingerprint density at radius 3 is 2.15 bits per heavy atom. The number of halogens is 7. The van der Waals surface area contributed by atoms with Crippen LogP contribution in [0.4, 0.5) is 44.1 Å². The Bertz CT molecular complexity index is 1640. The van der Waals surface area contributed by atoms with Gasteiger partial charge in [0, 0.05) is 69.5 Å². The number of alkyl halides is 6. The lowest BCUT2D eigenvalue weighted by Crippen LogP contribution is -2.39. The monoisotopic (exact) mass is 667 g/mol. The molecular formula is C29H28ClF6N9O. The number of rotatable bonds is 7. The molecule has 2 fully saturated rings. The topological polar surface area (TPSA) is 88.3 Å². The molecule has 4 aromatic rings. The third-order valence-corrected chi connectivity index (χ3v) is 8.11. The maximum atomic E-state index is 13.7. The van der Waals surface area contributed by atoms with Crippen molar-refractivity contribution in [3.8, 4) is 11.1 Å².